The van der Waals surface area contributed by atoms with Gasteiger partial charge in [0.25, 0.3) is 0 Å². The first-order valence-corrected chi connectivity index (χ1v) is 12.7. The Kier molecular flexibility index (Phi) is 7.64. The Morgan fingerprint density at radius 1 is 0.550 bits per heavy atom. The third-order valence-corrected chi connectivity index (χ3v) is 7.31. The van der Waals surface area contributed by atoms with E-state index in [0.717, 1.165) is 18.2 Å². The lowest BCUT2D eigenvalue weighted by atomic mass is 10.1. The third-order valence-electron chi connectivity index (χ3n) is 5.52. The summed E-state index contributed by atoms with van der Waals surface area (Å²) < 4.78 is 36.4. The number of aromatic hydroxyl groups is 1. The quantitative estimate of drug-likeness (QED) is 0.208. The highest BCUT2D eigenvalue weighted by atomic mass is 32.2. The van der Waals surface area contributed by atoms with E-state index in [1.54, 1.807) is 0 Å². The van der Waals surface area contributed by atoms with Crippen molar-refractivity contribution in [3.05, 3.63) is 113 Å². The van der Waals surface area contributed by atoms with Gasteiger partial charge < -0.3 is 24.8 Å². The Bertz CT molecular complexity index is 1740. The molecule has 0 saturated carbocycles. The molecule has 12 heteroatoms. The topological polar surface area (TPSA) is 182 Å². The zero-order valence-corrected chi connectivity index (χ0v) is 21.0. The second-order valence-corrected chi connectivity index (χ2v) is 10.1. The molecule has 0 aliphatic rings. The molecular formula is C28H18O11S. The predicted octanol–water partition coefficient (Wildman–Crippen LogP) is 4.06. The maximum Gasteiger partial charge on any atom is 0.344 e. The van der Waals surface area contributed by atoms with Crippen LogP contribution >= 0.6 is 0 Å². The van der Waals surface area contributed by atoms with Gasteiger partial charge in [0.05, 0.1) is 32.0 Å². The molecule has 0 saturated heterocycles. The zero-order valence-electron chi connectivity index (χ0n) is 20.2. The molecule has 0 aliphatic heterocycles. The van der Waals surface area contributed by atoms with Crippen molar-refractivity contribution in [2.24, 2.45) is 0 Å². The van der Waals surface area contributed by atoms with Crippen molar-refractivity contribution in [2.45, 2.75) is 9.79 Å². The molecule has 0 aliphatic carbocycles. The SMILES string of the molecule is O=C(O)c1ccccc1C(=O)Oc1ccc(S(=O)(=O)c2ccc(OC(=O)c3ccc(O)cc3C(=O)O)cc2)cc1. The predicted molar refractivity (Wildman–Crippen MR) is 137 cm³/mol. The van der Waals surface area contributed by atoms with E-state index >= 15 is 0 Å². The van der Waals surface area contributed by atoms with Gasteiger partial charge in [-0.1, -0.05) is 12.1 Å². The second-order valence-electron chi connectivity index (χ2n) is 8.11. The maximum absolute atomic E-state index is 13.0. The van der Waals surface area contributed by atoms with E-state index in [-0.39, 0.29) is 43.7 Å². The molecule has 0 amide bonds. The number of carbonyl (C=O) groups excluding carboxylic acids is 2. The number of carboxylic acids is 2. The molecule has 202 valence electrons. The van der Waals surface area contributed by atoms with E-state index < -0.39 is 39.3 Å². The van der Waals surface area contributed by atoms with Crippen LogP contribution < -0.4 is 9.47 Å². The molecule has 4 rings (SSSR count). The summed E-state index contributed by atoms with van der Waals surface area (Å²) >= 11 is 0. The normalized spacial score (nSPS) is 10.9. The molecule has 0 aromatic heterocycles. The summed E-state index contributed by atoms with van der Waals surface area (Å²) in [6, 6.07) is 18.3. The average molecular weight is 563 g/mol. The van der Waals surface area contributed by atoms with Gasteiger partial charge in [0.1, 0.15) is 17.2 Å². The Morgan fingerprint density at radius 3 is 1.43 bits per heavy atom. The molecule has 0 spiro atoms. The van der Waals surface area contributed by atoms with E-state index in [1.165, 1.54) is 72.8 Å². The standard InChI is InChI=1S/C28H18O11S/c29-16-5-14-23(24(15-16)26(32)33)28(35)39-18-8-12-20(13-9-18)40(36,37)19-10-6-17(7-11-19)38-27(34)22-4-2-1-3-21(22)25(30)31/h1-15,29H,(H,30,31)(H,32,33). The van der Waals surface area contributed by atoms with E-state index in [9.17, 15) is 42.9 Å². The smallest absolute Gasteiger partial charge is 0.344 e. The van der Waals surface area contributed by atoms with Crippen LogP contribution in [0.3, 0.4) is 0 Å². The Labute approximate surface area is 226 Å². The van der Waals surface area contributed by atoms with Gasteiger partial charge in [-0.05, 0) is 78.9 Å². The van der Waals surface area contributed by atoms with Crippen molar-refractivity contribution in [3.63, 3.8) is 0 Å². The fourth-order valence-electron chi connectivity index (χ4n) is 3.57. The lowest BCUT2D eigenvalue weighted by molar-refractivity contribution is 0.0666. The number of carboxylic acid groups (broad SMARTS) is 2. The van der Waals surface area contributed by atoms with E-state index in [1.807, 2.05) is 0 Å². The third kappa shape index (κ3) is 5.81. The highest BCUT2D eigenvalue weighted by Crippen LogP contribution is 2.26. The van der Waals surface area contributed by atoms with Crippen LogP contribution in [0.2, 0.25) is 0 Å². The fraction of sp³-hybridized carbons (Fsp3) is 0. The van der Waals surface area contributed by atoms with Crippen LogP contribution in [0.1, 0.15) is 41.4 Å². The molecule has 40 heavy (non-hydrogen) atoms. The van der Waals surface area contributed by atoms with Gasteiger partial charge in [0.2, 0.25) is 9.84 Å². The molecule has 3 N–H and O–H groups in total. The minimum Gasteiger partial charge on any atom is -0.508 e. The lowest BCUT2D eigenvalue weighted by Crippen LogP contribution is -2.14. The van der Waals surface area contributed by atoms with Crippen molar-refractivity contribution in [3.8, 4) is 17.2 Å². The first-order chi connectivity index (χ1) is 19.0. The second kappa shape index (κ2) is 11.1. The van der Waals surface area contributed by atoms with Crippen LogP contribution in [-0.2, 0) is 9.84 Å². The summed E-state index contributed by atoms with van der Waals surface area (Å²) in [5.41, 5.74) is -1.19. The van der Waals surface area contributed by atoms with Crippen LogP contribution in [0.5, 0.6) is 17.2 Å². The summed E-state index contributed by atoms with van der Waals surface area (Å²) in [6.07, 6.45) is 0. The fourth-order valence-corrected chi connectivity index (χ4v) is 4.83. The number of esters is 2. The number of sulfone groups is 1. The molecule has 4 aromatic rings. The van der Waals surface area contributed by atoms with Crippen molar-refractivity contribution in [1.82, 2.24) is 0 Å². The van der Waals surface area contributed by atoms with Crippen LogP contribution in [0, 0.1) is 0 Å². The van der Waals surface area contributed by atoms with Crippen molar-refractivity contribution in [2.75, 3.05) is 0 Å². The highest BCUT2D eigenvalue weighted by molar-refractivity contribution is 7.91. The molecule has 0 fully saturated rings. The molecule has 4 aromatic carbocycles. The molecule has 0 unspecified atom stereocenters. The summed E-state index contributed by atoms with van der Waals surface area (Å²) in [7, 11) is -4.04. The van der Waals surface area contributed by atoms with E-state index in [4.69, 9.17) is 9.47 Å². The number of benzene rings is 4. The molecule has 0 atom stereocenters. The van der Waals surface area contributed by atoms with E-state index in [2.05, 4.69) is 0 Å². The van der Waals surface area contributed by atoms with E-state index in [0.29, 0.717) is 0 Å². The number of hydrogen-bond donors (Lipinski definition) is 3. The molecule has 0 bridgehead atoms. The van der Waals surface area contributed by atoms with Gasteiger partial charge in [-0.3, -0.25) is 0 Å². The monoisotopic (exact) mass is 562 g/mol. The summed E-state index contributed by atoms with van der Waals surface area (Å²) in [4.78, 5) is 47.3. The number of hydrogen-bond acceptors (Lipinski definition) is 9. The Balaban J connectivity index is 1.48. The lowest BCUT2D eigenvalue weighted by Gasteiger charge is -2.10. The van der Waals surface area contributed by atoms with Gasteiger partial charge in [-0.15, -0.1) is 0 Å². The molecule has 11 nitrogen and oxygen atoms in total. The first kappa shape index (κ1) is 27.5. The zero-order chi connectivity index (χ0) is 29.0. The first-order valence-electron chi connectivity index (χ1n) is 11.3. The number of phenolic OH excluding ortho intramolecular Hbond substituents is 1. The summed E-state index contributed by atoms with van der Waals surface area (Å²) in [6.45, 7) is 0. The Hall–Kier alpha value is -5.49. The molecule has 0 heterocycles. The summed E-state index contributed by atoms with van der Waals surface area (Å²) in [5, 5.41) is 28.0. The minimum atomic E-state index is -4.04. The number of aromatic carboxylic acids is 2. The van der Waals surface area contributed by atoms with Gasteiger partial charge in [-0.2, -0.15) is 0 Å². The van der Waals surface area contributed by atoms with Crippen LogP contribution in [0.25, 0.3) is 0 Å². The number of ether oxygens (including phenoxy) is 2. The molecule has 0 radical (unpaired) electrons. The molecular weight excluding hydrogens is 544 g/mol. The highest BCUT2D eigenvalue weighted by Gasteiger charge is 2.22. The average Bonchev–Trinajstić information content (AvgIpc) is 2.93. The summed E-state index contributed by atoms with van der Waals surface area (Å²) in [5.74, 6) is -5.13. The van der Waals surface area contributed by atoms with Crippen molar-refractivity contribution in [1.29, 1.82) is 0 Å². The minimum absolute atomic E-state index is 0.0126. The van der Waals surface area contributed by atoms with Crippen LogP contribution in [0.4, 0.5) is 0 Å². The number of carbonyl (C=O) groups is 4. The Morgan fingerprint density at radius 2 is 0.975 bits per heavy atom. The van der Waals surface area contributed by atoms with Crippen molar-refractivity contribution >= 4 is 33.7 Å². The van der Waals surface area contributed by atoms with Crippen LogP contribution in [-0.4, -0.2) is 47.6 Å². The largest absolute Gasteiger partial charge is 0.508 e. The number of phenols is 1. The van der Waals surface area contributed by atoms with Crippen LogP contribution in [0.15, 0.2) is 101 Å². The number of rotatable bonds is 8. The van der Waals surface area contributed by atoms with Gasteiger partial charge in [0.15, 0.2) is 0 Å². The van der Waals surface area contributed by atoms with Crippen molar-refractivity contribution < 1.29 is 52.4 Å². The van der Waals surface area contributed by atoms with Gasteiger partial charge >= 0.3 is 23.9 Å². The van der Waals surface area contributed by atoms with Gasteiger partial charge in [0, 0.05) is 0 Å². The maximum atomic E-state index is 13.0. The van der Waals surface area contributed by atoms with Gasteiger partial charge in [-0.25, -0.2) is 27.6 Å².